The molecule has 2 aromatic carbocycles. The molecule has 0 spiro atoms. The van der Waals surface area contributed by atoms with E-state index in [4.69, 9.17) is 0 Å². The van der Waals surface area contributed by atoms with Crippen LogP contribution in [0.15, 0.2) is 53.4 Å². The van der Waals surface area contributed by atoms with Crippen LogP contribution in [0.3, 0.4) is 0 Å². The van der Waals surface area contributed by atoms with Crippen LogP contribution in [0.1, 0.15) is 24.5 Å². The number of sulfone groups is 1. The zero-order chi connectivity index (χ0) is 19.7. The molecule has 0 amide bonds. The predicted octanol–water partition coefficient (Wildman–Crippen LogP) is 3.23. The summed E-state index contributed by atoms with van der Waals surface area (Å²) in [7, 11) is -4.13. The number of nitrogens with zero attached hydrogens (tertiary/aromatic N) is 1. The Labute approximate surface area is 156 Å². The highest BCUT2D eigenvalue weighted by atomic mass is 32.2. The third kappa shape index (κ3) is 4.02. The van der Waals surface area contributed by atoms with Crippen molar-refractivity contribution in [2.24, 2.45) is 0 Å². The number of benzene rings is 2. The van der Waals surface area contributed by atoms with Gasteiger partial charge in [0.05, 0.1) is 11.0 Å². The number of β-amino-alcohol motifs (C(OH)–C–C–N with tert-alkyl or cyclic N) is 1. The van der Waals surface area contributed by atoms with E-state index in [2.05, 4.69) is 0 Å². The highest BCUT2D eigenvalue weighted by molar-refractivity contribution is 7.92. The Morgan fingerprint density at radius 3 is 2.30 bits per heavy atom. The summed E-state index contributed by atoms with van der Waals surface area (Å²) in [6.45, 7) is 0.203. The molecule has 1 aliphatic heterocycles. The van der Waals surface area contributed by atoms with E-state index < -0.39 is 32.6 Å². The molecule has 0 aliphatic carbocycles. The molecule has 146 valence electrons. The van der Waals surface area contributed by atoms with Crippen molar-refractivity contribution in [3.8, 4) is 0 Å². The Balaban J connectivity index is 1.66. The maximum Gasteiger partial charge on any atom is 0.217 e. The van der Waals surface area contributed by atoms with E-state index in [1.807, 2.05) is 0 Å². The summed E-state index contributed by atoms with van der Waals surface area (Å²) in [6, 6.07) is 10.4. The molecular weight excluding hydrogens is 379 g/mol. The molecule has 1 aliphatic rings. The van der Waals surface area contributed by atoms with Crippen molar-refractivity contribution in [1.82, 2.24) is 4.90 Å². The lowest BCUT2D eigenvalue weighted by molar-refractivity contribution is 0.0665. The SMILES string of the molecule is O=S(=O)(c1ccccc1)C1(F)CCN(C[C@@H](O)c2ccc(F)cc2F)CC1. The minimum absolute atomic E-state index is 0.00399. The van der Waals surface area contributed by atoms with Crippen LogP contribution in [0.2, 0.25) is 0 Å². The Morgan fingerprint density at radius 2 is 1.70 bits per heavy atom. The summed E-state index contributed by atoms with van der Waals surface area (Å²) in [5.41, 5.74) is -0.0506. The third-order valence-electron chi connectivity index (χ3n) is 4.89. The van der Waals surface area contributed by atoms with E-state index in [0.29, 0.717) is 6.07 Å². The average molecular weight is 399 g/mol. The Kier molecular flexibility index (Phi) is 5.60. The number of hydrogen-bond acceptors (Lipinski definition) is 4. The van der Waals surface area contributed by atoms with E-state index in [1.54, 1.807) is 23.1 Å². The first-order valence-electron chi connectivity index (χ1n) is 8.57. The van der Waals surface area contributed by atoms with Crippen LogP contribution in [0, 0.1) is 11.6 Å². The van der Waals surface area contributed by atoms with Gasteiger partial charge in [-0.25, -0.2) is 21.6 Å². The maximum atomic E-state index is 15.2. The largest absolute Gasteiger partial charge is 0.387 e. The second-order valence-electron chi connectivity index (χ2n) is 6.68. The second-order valence-corrected chi connectivity index (χ2v) is 8.89. The maximum absolute atomic E-state index is 15.2. The van der Waals surface area contributed by atoms with Gasteiger partial charge in [-0.15, -0.1) is 0 Å². The van der Waals surface area contributed by atoms with Crippen molar-refractivity contribution in [3.05, 3.63) is 65.7 Å². The standard InChI is InChI=1S/C19H20F3NO3S/c20-14-6-7-16(17(21)12-14)18(24)13-23-10-8-19(22,9-11-23)27(25,26)15-4-2-1-3-5-15/h1-7,12,18,24H,8-11,13H2/t18-/m1/s1. The molecule has 1 N–H and O–H groups in total. The predicted molar refractivity (Wildman–Crippen MR) is 94.5 cm³/mol. The van der Waals surface area contributed by atoms with Crippen LogP contribution in [0.25, 0.3) is 0 Å². The zero-order valence-corrected chi connectivity index (χ0v) is 15.3. The number of piperidine rings is 1. The van der Waals surface area contributed by atoms with E-state index in [0.717, 1.165) is 6.07 Å². The number of alkyl halides is 1. The topological polar surface area (TPSA) is 57.6 Å². The molecule has 27 heavy (non-hydrogen) atoms. The first-order valence-corrected chi connectivity index (χ1v) is 10.1. The smallest absolute Gasteiger partial charge is 0.217 e. The van der Waals surface area contributed by atoms with Gasteiger partial charge in [0, 0.05) is 44.1 Å². The van der Waals surface area contributed by atoms with E-state index >= 15 is 4.39 Å². The molecule has 0 saturated carbocycles. The molecule has 1 heterocycles. The van der Waals surface area contributed by atoms with Crippen molar-refractivity contribution >= 4 is 9.84 Å². The van der Waals surface area contributed by atoms with Crippen LogP contribution in [0.5, 0.6) is 0 Å². The molecule has 8 heteroatoms. The fourth-order valence-electron chi connectivity index (χ4n) is 3.26. The molecule has 2 aromatic rings. The van der Waals surface area contributed by atoms with Gasteiger partial charge < -0.3 is 10.0 Å². The summed E-state index contributed by atoms with van der Waals surface area (Å²) < 4.78 is 67.2. The number of aliphatic hydroxyl groups is 1. The summed E-state index contributed by atoms with van der Waals surface area (Å²) in [5.74, 6) is -1.60. The Morgan fingerprint density at radius 1 is 1.07 bits per heavy atom. The van der Waals surface area contributed by atoms with Crippen molar-refractivity contribution in [1.29, 1.82) is 0 Å². The van der Waals surface area contributed by atoms with Crippen molar-refractivity contribution in [3.63, 3.8) is 0 Å². The quantitative estimate of drug-likeness (QED) is 0.839. The van der Waals surface area contributed by atoms with Crippen LogP contribution in [0.4, 0.5) is 13.2 Å². The molecule has 1 saturated heterocycles. The summed E-state index contributed by atoms with van der Waals surface area (Å²) >= 11 is 0. The average Bonchev–Trinajstić information content (AvgIpc) is 2.64. The van der Waals surface area contributed by atoms with Gasteiger partial charge in [0.2, 0.25) is 14.8 Å². The van der Waals surface area contributed by atoms with Gasteiger partial charge in [0.25, 0.3) is 0 Å². The molecule has 0 unspecified atom stereocenters. The van der Waals surface area contributed by atoms with Crippen molar-refractivity contribution < 1.29 is 26.7 Å². The number of aliphatic hydroxyl groups excluding tert-OH is 1. The molecule has 3 rings (SSSR count). The van der Waals surface area contributed by atoms with Crippen molar-refractivity contribution in [2.45, 2.75) is 28.8 Å². The number of rotatable bonds is 5. The van der Waals surface area contributed by atoms with E-state index in [1.165, 1.54) is 18.2 Å². The number of hydrogen-bond donors (Lipinski definition) is 1. The minimum atomic E-state index is -4.13. The summed E-state index contributed by atoms with van der Waals surface area (Å²) in [4.78, 5) is 1.61. The van der Waals surface area contributed by atoms with Gasteiger partial charge in [-0.2, -0.15) is 0 Å². The second kappa shape index (κ2) is 7.61. The number of halogens is 3. The van der Waals surface area contributed by atoms with Crippen LogP contribution >= 0.6 is 0 Å². The molecular formula is C19H20F3NO3S. The van der Waals surface area contributed by atoms with Crippen LogP contribution in [-0.4, -0.2) is 43.1 Å². The fourth-order valence-corrected chi connectivity index (χ4v) is 4.92. The number of likely N-dealkylation sites (tertiary alicyclic amines) is 1. The van der Waals surface area contributed by atoms with E-state index in [9.17, 15) is 22.3 Å². The minimum Gasteiger partial charge on any atom is -0.387 e. The summed E-state index contributed by atoms with van der Waals surface area (Å²) in [5, 5.41) is 7.82. The fraction of sp³-hybridized carbons (Fsp3) is 0.368. The highest BCUT2D eigenvalue weighted by Crippen LogP contribution is 2.37. The lowest BCUT2D eigenvalue weighted by Crippen LogP contribution is -2.47. The van der Waals surface area contributed by atoms with Crippen LogP contribution < -0.4 is 0 Å². The van der Waals surface area contributed by atoms with E-state index in [-0.39, 0.29) is 42.9 Å². The molecule has 4 nitrogen and oxygen atoms in total. The van der Waals surface area contributed by atoms with Gasteiger partial charge >= 0.3 is 0 Å². The molecule has 1 atom stereocenters. The zero-order valence-electron chi connectivity index (χ0n) is 14.5. The first kappa shape index (κ1) is 19.9. The Hall–Kier alpha value is -1.90. The Bertz CT molecular complexity index is 898. The van der Waals surface area contributed by atoms with Gasteiger partial charge in [0.15, 0.2) is 0 Å². The van der Waals surface area contributed by atoms with Crippen LogP contribution in [-0.2, 0) is 9.84 Å². The first-order chi connectivity index (χ1) is 12.7. The molecule has 1 fully saturated rings. The lowest BCUT2D eigenvalue weighted by Gasteiger charge is -2.36. The summed E-state index contributed by atoms with van der Waals surface area (Å²) in [6.07, 6.45) is -1.71. The van der Waals surface area contributed by atoms with Gasteiger partial charge in [0.1, 0.15) is 11.6 Å². The molecule has 0 aromatic heterocycles. The van der Waals surface area contributed by atoms with Gasteiger partial charge in [-0.1, -0.05) is 24.3 Å². The monoisotopic (exact) mass is 399 g/mol. The molecule has 0 bridgehead atoms. The highest BCUT2D eigenvalue weighted by Gasteiger charge is 2.47. The molecule has 0 radical (unpaired) electrons. The lowest BCUT2D eigenvalue weighted by atomic mass is 10.0. The normalized spacial score (nSPS) is 19.0. The van der Waals surface area contributed by atoms with Gasteiger partial charge in [-0.05, 0) is 18.2 Å². The van der Waals surface area contributed by atoms with Gasteiger partial charge in [-0.3, -0.25) is 0 Å². The van der Waals surface area contributed by atoms with Crippen molar-refractivity contribution in [2.75, 3.05) is 19.6 Å². The third-order valence-corrected chi connectivity index (χ3v) is 7.15.